The Hall–Kier alpha value is -0.430. The van der Waals surface area contributed by atoms with Crippen molar-refractivity contribution in [1.29, 1.82) is 0 Å². The van der Waals surface area contributed by atoms with Gasteiger partial charge in [-0.1, -0.05) is 12.8 Å². The third kappa shape index (κ3) is 3.08. The Morgan fingerprint density at radius 3 is 2.65 bits per heavy atom. The van der Waals surface area contributed by atoms with Gasteiger partial charge >= 0.3 is 0 Å². The molecular formula is C14H22N2O2S2. The van der Waals surface area contributed by atoms with Crippen LogP contribution in [0.4, 0.5) is 0 Å². The first-order valence-electron chi connectivity index (χ1n) is 7.37. The van der Waals surface area contributed by atoms with E-state index in [1.165, 1.54) is 37.0 Å². The summed E-state index contributed by atoms with van der Waals surface area (Å²) in [5.41, 5.74) is 0. The molecule has 1 atom stereocenters. The lowest BCUT2D eigenvalue weighted by atomic mass is 10.2. The smallest absolute Gasteiger partial charge is 0.250 e. The van der Waals surface area contributed by atoms with Crippen molar-refractivity contribution in [2.75, 3.05) is 13.1 Å². The molecule has 112 valence electrons. The van der Waals surface area contributed by atoms with E-state index in [0.29, 0.717) is 10.3 Å². The largest absolute Gasteiger partial charge is 0.299 e. The van der Waals surface area contributed by atoms with Crippen molar-refractivity contribution in [3.8, 4) is 0 Å². The van der Waals surface area contributed by atoms with Crippen LogP contribution in [-0.4, -0.2) is 38.5 Å². The van der Waals surface area contributed by atoms with Crippen molar-refractivity contribution in [2.45, 2.75) is 55.3 Å². The monoisotopic (exact) mass is 314 g/mol. The zero-order valence-corrected chi connectivity index (χ0v) is 13.5. The standard InChI is InChI=1S/C14H22N2O2S2/c1-11-6-7-14(19-11)20(17,18)15-12-8-9-16(10-12)13-4-2-3-5-13/h6-7,12-13,15H,2-5,8-10H2,1H3. The summed E-state index contributed by atoms with van der Waals surface area (Å²) in [5, 5.41) is 0. The zero-order valence-electron chi connectivity index (χ0n) is 11.8. The van der Waals surface area contributed by atoms with Gasteiger partial charge in [0.1, 0.15) is 4.21 Å². The molecule has 2 fully saturated rings. The van der Waals surface area contributed by atoms with E-state index in [9.17, 15) is 8.42 Å². The molecule has 20 heavy (non-hydrogen) atoms. The molecule has 0 bridgehead atoms. The fourth-order valence-corrected chi connectivity index (χ4v) is 5.88. The Bertz CT molecular complexity index is 561. The van der Waals surface area contributed by atoms with Gasteiger partial charge in [0.25, 0.3) is 0 Å². The minimum absolute atomic E-state index is 0.0722. The number of aryl methyl sites for hydroxylation is 1. The summed E-state index contributed by atoms with van der Waals surface area (Å²) in [6.07, 6.45) is 6.14. The van der Waals surface area contributed by atoms with Crippen LogP contribution in [0.15, 0.2) is 16.3 Å². The van der Waals surface area contributed by atoms with E-state index in [1.807, 2.05) is 13.0 Å². The van der Waals surface area contributed by atoms with Crippen molar-refractivity contribution in [3.63, 3.8) is 0 Å². The molecule has 1 aromatic rings. The highest BCUT2D eigenvalue weighted by Gasteiger charge is 2.32. The quantitative estimate of drug-likeness (QED) is 0.928. The Kier molecular flexibility index (Phi) is 4.17. The molecule has 1 unspecified atom stereocenters. The maximum Gasteiger partial charge on any atom is 0.250 e. The Morgan fingerprint density at radius 2 is 2.00 bits per heavy atom. The third-order valence-corrected chi connectivity index (χ3v) is 7.38. The first kappa shape index (κ1) is 14.5. The molecule has 0 spiro atoms. The average molecular weight is 314 g/mol. The van der Waals surface area contributed by atoms with E-state index in [0.717, 1.165) is 24.4 Å². The predicted octanol–water partition coefficient (Wildman–Crippen LogP) is 2.35. The Balaban J connectivity index is 1.61. The van der Waals surface area contributed by atoms with Crippen LogP contribution < -0.4 is 4.72 Å². The van der Waals surface area contributed by atoms with Crippen molar-refractivity contribution >= 4 is 21.4 Å². The first-order chi connectivity index (χ1) is 9.54. The zero-order chi connectivity index (χ0) is 14.2. The van der Waals surface area contributed by atoms with Crippen molar-refractivity contribution in [1.82, 2.24) is 9.62 Å². The number of likely N-dealkylation sites (tertiary alicyclic amines) is 1. The van der Waals surface area contributed by atoms with Gasteiger partial charge in [-0.3, -0.25) is 4.90 Å². The average Bonchev–Trinajstić information content (AvgIpc) is 3.06. The molecule has 0 amide bonds. The van der Waals surface area contributed by atoms with Gasteiger partial charge in [0.05, 0.1) is 0 Å². The maximum absolute atomic E-state index is 12.3. The molecule has 1 saturated heterocycles. The number of hydrogen-bond donors (Lipinski definition) is 1. The minimum atomic E-state index is -3.33. The van der Waals surface area contributed by atoms with E-state index < -0.39 is 10.0 Å². The lowest BCUT2D eigenvalue weighted by Gasteiger charge is -2.23. The molecular weight excluding hydrogens is 292 g/mol. The van der Waals surface area contributed by atoms with E-state index >= 15 is 0 Å². The fourth-order valence-electron chi connectivity index (χ4n) is 3.32. The first-order valence-corrected chi connectivity index (χ1v) is 9.67. The van der Waals surface area contributed by atoms with Crippen LogP contribution in [0.1, 0.15) is 37.0 Å². The molecule has 1 aromatic heterocycles. The molecule has 2 aliphatic rings. The Morgan fingerprint density at radius 1 is 1.25 bits per heavy atom. The molecule has 1 aliphatic carbocycles. The predicted molar refractivity (Wildman–Crippen MR) is 81.6 cm³/mol. The number of nitrogens with zero attached hydrogens (tertiary/aromatic N) is 1. The minimum Gasteiger partial charge on any atom is -0.299 e. The Labute approximate surface area is 125 Å². The van der Waals surface area contributed by atoms with Gasteiger partial charge in [-0.05, 0) is 38.3 Å². The number of rotatable bonds is 4. The molecule has 4 nitrogen and oxygen atoms in total. The van der Waals surface area contributed by atoms with Gasteiger partial charge in [-0.25, -0.2) is 13.1 Å². The number of nitrogens with one attached hydrogen (secondary N) is 1. The van der Waals surface area contributed by atoms with Gasteiger partial charge < -0.3 is 0 Å². The molecule has 3 rings (SSSR count). The molecule has 1 N–H and O–H groups in total. The maximum atomic E-state index is 12.3. The summed E-state index contributed by atoms with van der Waals surface area (Å²) in [5.74, 6) is 0. The van der Waals surface area contributed by atoms with E-state index in [-0.39, 0.29) is 6.04 Å². The van der Waals surface area contributed by atoms with Gasteiger partial charge in [0.2, 0.25) is 10.0 Å². The summed E-state index contributed by atoms with van der Waals surface area (Å²) >= 11 is 1.34. The van der Waals surface area contributed by atoms with Crippen LogP contribution in [0.2, 0.25) is 0 Å². The highest BCUT2D eigenvalue weighted by Crippen LogP contribution is 2.27. The summed E-state index contributed by atoms with van der Waals surface area (Å²) < 4.78 is 27.9. The normalized spacial score (nSPS) is 25.6. The second-order valence-electron chi connectivity index (χ2n) is 5.91. The van der Waals surface area contributed by atoms with Crippen molar-refractivity contribution in [2.24, 2.45) is 0 Å². The lowest BCUT2D eigenvalue weighted by molar-refractivity contribution is 0.242. The van der Waals surface area contributed by atoms with Crippen LogP contribution in [0.25, 0.3) is 0 Å². The van der Waals surface area contributed by atoms with Crippen LogP contribution in [0, 0.1) is 6.92 Å². The van der Waals surface area contributed by atoms with Crippen LogP contribution in [0.5, 0.6) is 0 Å². The van der Waals surface area contributed by atoms with E-state index in [2.05, 4.69) is 9.62 Å². The number of sulfonamides is 1. The number of hydrogen-bond acceptors (Lipinski definition) is 4. The molecule has 0 radical (unpaired) electrons. The third-order valence-electron chi connectivity index (χ3n) is 4.36. The van der Waals surface area contributed by atoms with Gasteiger partial charge in [0, 0.05) is 30.1 Å². The van der Waals surface area contributed by atoms with Gasteiger partial charge in [-0.2, -0.15) is 0 Å². The van der Waals surface area contributed by atoms with Crippen LogP contribution >= 0.6 is 11.3 Å². The SMILES string of the molecule is Cc1ccc(S(=O)(=O)NC2CCN(C3CCCC3)C2)s1. The van der Waals surface area contributed by atoms with Crippen molar-refractivity contribution in [3.05, 3.63) is 17.0 Å². The van der Waals surface area contributed by atoms with Gasteiger partial charge in [0.15, 0.2) is 0 Å². The van der Waals surface area contributed by atoms with Crippen LogP contribution in [-0.2, 0) is 10.0 Å². The summed E-state index contributed by atoms with van der Waals surface area (Å²) in [6, 6.07) is 4.32. The number of thiophene rings is 1. The molecule has 6 heteroatoms. The molecule has 1 aliphatic heterocycles. The summed E-state index contributed by atoms with van der Waals surface area (Å²) in [6.45, 7) is 3.83. The second kappa shape index (κ2) is 5.75. The van der Waals surface area contributed by atoms with Gasteiger partial charge in [-0.15, -0.1) is 11.3 Å². The summed E-state index contributed by atoms with van der Waals surface area (Å²) in [7, 11) is -3.33. The second-order valence-corrected chi connectivity index (χ2v) is 9.13. The molecule has 2 heterocycles. The summed E-state index contributed by atoms with van der Waals surface area (Å²) in [4.78, 5) is 3.50. The van der Waals surface area contributed by atoms with E-state index in [4.69, 9.17) is 0 Å². The van der Waals surface area contributed by atoms with E-state index in [1.54, 1.807) is 6.07 Å². The molecule has 1 saturated carbocycles. The molecule has 0 aromatic carbocycles. The highest BCUT2D eigenvalue weighted by atomic mass is 32.2. The topological polar surface area (TPSA) is 49.4 Å². The highest BCUT2D eigenvalue weighted by molar-refractivity contribution is 7.91. The fraction of sp³-hybridized carbons (Fsp3) is 0.714. The van der Waals surface area contributed by atoms with Crippen LogP contribution in [0.3, 0.4) is 0 Å². The van der Waals surface area contributed by atoms with Crippen molar-refractivity contribution < 1.29 is 8.42 Å². The lowest BCUT2D eigenvalue weighted by Crippen LogP contribution is -2.38.